The SMILES string of the molecule is Cc1cccc(NC(=O)c2sc3cc(F)ccc3c2Cl)c1. The summed E-state index contributed by atoms with van der Waals surface area (Å²) in [6.45, 7) is 1.95. The van der Waals surface area contributed by atoms with Crippen LogP contribution in [0.4, 0.5) is 10.1 Å². The zero-order valence-corrected chi connectivity index (χ0v) is 12.7. The Morgan fingerprint density at radius 3 is 2.81 bits per heavy atom. The molecule has 1 heterocycles. The molecule has 5 heteroatoms. The van der Waals surface area contributed by atoms with Gasteiger partial charge in [-0.15, -0.1) is 11.3 Å². The van der Waals surface area contributed by atoms with Gasteiger partial charge in [0, 0.05) is 15.8 Å². The quantitative estimate of drug-likeness (QED) is 0.686. The predicted molar refractivity (Wildman–Crippen MR) is 85.9 cm³/mol. The fraction of sp³-hybridized carbons (Fsp3) is 0.0625. The fourth-order valence-corrected chi connectivity index (χ4v) is 3.53. The molecule has 106 valence electrons. The summed E-state index contributed by atoms with van der Waals surface area (Å²) in [5.41, 5.74) is 1.76. The number of carbonyl (C=O) groups excluding carboxylic acids is 1. The van der Waals surface area contributed by atoms with Gasteiger partial charge in [-0.25, -0.2) is 4.39 Å². The number of carbonyl (C=O) groups is 1. The highest BCUT2D eigenvalue weighted by Crippen LogP contribution is 2.36. The zero-order chi connectivity index (χ0) is 15.0. The number of amides is 1. The van der Waals surface area contributed by atoms with Crippen molar-refractivity contribution in [1.29, 1.82) is 0 Å². The van der Waals surface area contributed by atoms with Gasteiger partial charge in [0.15, 0.2) is 0 Å². The second-order valence-electron chi connectivity index (χ2n) is 4.71. The Balaban J connectivity index is 1.96. The molecule has 21 heavy (non-hydrogen) atoms. The number of anilines is 1. The van der Waals surface area contributed by atoms with Crippen molar-refractivity contribution in [3.63, 3.8) is 0 Å². The van der Waals surface area contributed by atoms with Crippen molar-refractivity contribution in [3.05, 3.63) is 63.7 Å². The van der Waals surface area contributed by atoms with Crippen LogP contribution in [0.25, 0.3) is 10.1 Å². The first kappa shape index (κ1) is 14.0. The number of hydrogen-bond acceptors (Lipinski definition) is 2. The topological polar surface area (TPSA) is 29.1 Å². The highest BCUT2D eigenvalue weighted by atomic mass is 35.5. The van der Waals surface area contributed by atoms with Crippen LogP contribution in [0.5, 0.6) is 0 Å². The molecule has 1 N–H and O–H groups in total. The first-order valence-corrected chi connectivity index (χ1v) is 7.49. The van der Waals surface area contributed by atoms with Crippen molar-refractivity contribution in [2.75, 3.05) is 5.32 Å². The molecule has 0 aliphatic carbocycles. The molecule has 0 aliphatic heterocycles. The van der Waals surface area contributed by atoms with Crippen molar-refractivity contribution >= 4 is 44.6 Å². The van der Waals surface area contributed by atoms with E-state index < -0.39 is 0 Å². The Bertz CT molecular complexity index is 843. The van der Waals surface area contributed by atoms with E-state index in [0.29, 0.717) is 25.7 Å². The Labute approximate surface area is 130 Å². The molecule has 3 aromatic rings. The van der Waals surface area contributed by atoms with Crippen molar-refractivity contribution in [2.24, 2.45) is 0 Å². The van der Waals surface area contributed by atoms with Gasteiger partial charge >= 0.3 is 0 Å². The number of halogens is 2. The van der Waals surface area contributed by atoms with E-state index in [1.54, 1.807) is 6.07 Å². The van der Waals surface area contributed by atoms with Crippen LogP contribution in [0.1, 0.15) is 15.2 Å². The lowest BCUT2D eigenvalue weighted by Gasteiger charge is -2.04. The third-order valence-corrected chi connectivity index (χ3v) is 4.73. The van der Waals surface area contributed by atoms with Gasteiger partial charge in [0.25, 0.3) is 5.91 Å². The summed E-state index contributed by atoms with van der Waals surface area (Å²) in [6.07, 6.45) is 0. The van der Waals surface area contributed by atoms with Crippen molar-refractivity contribution < 1.29 is 9.18 Å². The van der Waals surface area contributed by atoms with Gasteiger partial charge in [-0.3, -0.25) is 4.79 Å². The van der Waals surface area contributed by atoms with Crippen LogP contribution in [-0.4, -0.2) is 5.91 Å². The van der Waals surface area contributed by atoms with Crippen LogP contribution in [0, 0.1) is 12.7 Å². The molecule has 0 fully saturated rings. The Kier molecular flexibility index (Phi) is 3.66. The van der Waals surface area contributed by atoms with Gasteiger partial charge in [-0.1, -0.05) is 23.7 Å². The van der Waals surface area contributed by atoms with Crippen LogP contribution < -0.4 is 5.32 Å². The summed E-state index contributed by atoms with van der Waals surface area (Å²) in [5.74, 6) is -0.627. The molecule has 0 spiro atoms. The summed E-state index contributed by atoms with van der Waals surface area (Å²) in [5, 5.41) is 3.86. The molecule has 2 aromatic carbocycles. The fourth-order valence-electron chi connectivity index (χ4n) is 2.10. The maximum atomic E-state index is 13.2. The summed E-state index contributed by atoms with van der Waals surface area (Å²) in [6, 6.07) is 11.8. The van der Waals surface area contributed by atoms with E-state index in [1.165, 1.54) is 23.5 Å². The van der Waals surface area contributed by atoms with Crippen LogP contribution in [0.2, 0.25) is 5.02 Å². The van der Waals surface area contributed by atoms with Crippen LogP contribution in [0.15, 0.2) is 42.5 Å². The van der Waals surface area contributed by atoms with Crippen molar-refractivity contribution in [2.45, 2.75) is 6.92 Å². The van der Waals surface area contributed by atoms with E-state index in [-0.39, 0.29) is 11.7 Å². The van der Waals surface area contributed by atoms with E-state index in [1.807, 2.05) is 31.2 Å². The summed E-state index contributed by atoms with van der Waals surface area (Å²) >= 11 is 7.41. The molecule has 3 rings (SSSR count). The average Bonchev–Trinajstić information content (AvgIpc) is 2.75. The number of rotatable bonds is 2. The lowest BCUT2D eigenvalue weighted by atomic mass is 10.2. The number of thiophene rings is 1. The first-order chi connectivity index (χ1) is 10.0. The Hall–Kier alpha value is -1.91. The smallest absolute Gasteiger partial charge is 0.267 e. The minimum absolute atomic E-state index is 0.285. The van der Waals surface area contributed by atoms with E-state index >= 15 is 0 Å². The number of aryl methyl sites for hydroxylation is 1. The first-order valence-electron chi connectivity index (χ1n) is 6.30. The van der Waals surface area contributed by atoms with E-state index in [9.17, 15) is 9.18 Å². The normalized spacial score (nSPS) is 10.8. The zero-order valence-electron chi connectivity index (χ0n) is 11.1. The molecule has 0 saturated heterocycles. The molecule has 0 unspecified atom stereocenters. The maximum Gasteiger partial charge on any atom is 0.267 e. The highest BCUT2D eigenvalue weighted by molar-refractivity contribution is 7.21. The van der Waals surface area contributed by atoms with Gasteiger partial charge in [0.05, 0.1) is 5.02 Å². The molecular formula is C16H11ClFNOS. The Morgan fingerprint density at radius 1 is 1.24 bits per heavy atom. The molecule has 1 amide bonds. The van der Waals surface area contributed by atoms with E-state index in [2.05, 4.69) is 5.32 Å². The predicted octanol–water partition coefficient (Wildman–Crippen LogP) is 5.25. The average molecular weight is 320 g/mol. The van der Waals surface area contributed by atoms with E-state index in [4.69, 9.17) is 11.6 Å². The van der Waals surface area contributed by atoms with Gasteiger partial charge in [0.2, 0.25) is 0 Å². The number of benzene rings is 2. The van der Waals surface area contributed by atoms with Crippen molar-refractivity contribution in [1.82, 2.24) is 0 Å². The lowest BCUT2D eigenvalue weighted by molar-refractivity contribution is 0.103. The summed E-state index contributed by atoms with van der Waals surface area (Å²) < 4.78 is 13.9. The van der Waals surface area contributed by atoms with Crippen LogP contribution in [-0.2, 0) is 0 Å². The number of nitrogens with one attached hydrogen (secondary N) is 1. The third-order valence-electron chi connectivity index (χ3n) is 3.07. The molecule has 0 aliphatic rings. The molecular weight excluding hydrogens is 309 g/mol. The van der Waals surface area contributed by atoms with Gasteiger partial charge in [-0.05, 0) is 42.8 Å². The van der Waals surface area contributed by atoms with Gasteiger partial charge < -0.3 is 5.32 Å². The largest absolute Gasteiger partial charge is 0.321 e. The molecule has 0 atom stereocenters. The second-order valence-corrected chi connectivity index (χ2v) is 6.14. The Morgan fingerprint density at radius 2 is 2.05 bits per heavy atom. The highest BCUT2D eigenvalue weighted by Gasteiger charge is 2.17. The van der Waals surface area contributed by atoms with Crippen molar-refractivity contribution in [3.8, 4) is 0 Å². The second kappa shape index (κ2) is 5.47. The van der Waals surface area contributed by atoms with E-state index in [0.717, 1.165) is 5.56 Å². The minimum Gasteiger partial charge on any atom is -0.321 e. The van der Waals surface area contributed by atoms with Gasteiger partial charge in [0.1, 0.15) is 10.7 Å². The number of fused-ring (bicyclic) bond motifs is 1. The monoisotopic (exact) mass is 319 g/mol. The molecule has 0 bridgehead atoms. The minimum atomic E-state index is -0.342. The summed E-state index contributed by atoms with van der Waals surface area (Å²) in [7, 11) is 0. The number of hydrogen-bond donors (Lipinski definition) is 1. The molecule has 2 nitrogen and oxygen atoms in total. The third kappa shape index (κ3) is 2.77. The van der Waals surface area contributed by atoms with Gasteiger partial charge in [-0.2, -0.15) is 0 Å². The lowest BCUT2D eigenvalue weighted by Crippen LogP contribution is -2.10. The molecule has 1 aromatic heterocycles. The maximum absolute atomic E-state index is 13.2. The van der Waals surface area contributed by atoms with Crippen LogP contribution in [0.3, 0.4) is 0 Å². The summed E-state index contributed by atoms with van der Waals surface area (Å²) in [4.78, 5) is 12.7. The standard InChI is InChI=1S/C16H11ClFNOS/c1-9-3-2-4-11(7-9)19-16(20)15-14(17)12-6-5-10(18)8-13(12)21-15/h2-8H,1H3,(H,19,20). The molecule has 0 radical (unpaired) electrons. The molecule has 0 saturated carbocycles. The van der Waals surface area contributed by atoms with Crippen LogP contribution >= 0.6 is 22.9 Å².